The standard InChI is InChI=1S/C15H16FN/c1-15(2,11-7-3-5-9-13(11)16)12-8-4-6-10-14(12)17/h3-10H,17H2,1-2H3. The molecule has 17 heavy (non-hydrogen) atoms. The minimum Gasteiger partial charge on any atom is -0.398 e. The third-order valence-corrected chi connectivity index (χ3v) is 3.18. The number of anilines is 1. The normalized spacial score (nSPS) is 11.5. The predicted octanol–water partition coefficient (Wildman–Crippen LogP) is 3.73. The lowest BCUT2D eigenvalue weighted by Crippen LogP contribution is -2.22. The molecule has 2 rings (SSSR count). The van der Waals surface area contributed by atoms with Gasteiger partial charge in [-0.05, 0) is 23.3 Å². The van der Waals surface area contributed by atoms with Crippen molar-refractivity contribution in [3.8, 4) is 0 Å². The molecule has 0 radical (unpaired) electrons. The summed E-state index contributed by atoms with van der Waals surface area (Å²) in [5.41, 5.74) is 7.85. The molecule has 0 heterocycles. The molecule has 0 amide bonds. The van der Waals surface area contributed by atoms with E-state index in [-0.39, 0.29) is 5.82 Å². The third kappa shape index (κ3) is 2.03. The highest BCUT2D eigenvalue weighted by Crippen LogP contribution is 2.35. The van der Waals surface area contributed by atoms with E-state index in [0.29, 0.717) is 11.3 Å². The molecule has 0 aliphatic rings. The van der Waals surface area contributed by atoms with Crippen molar-refractivity contribution in [3.05, 3.63) is 65.5 Å². The number of rotatable bonds is 2. The lowest BCUT2D eigenvalue weighted by atomic mass is 9.77. The number of nitrogen functional groups attached to an aromatic ring is 1. The molecular weight excluding hydrogens is 213 g/mol. The quantitative estimate of drug-likeness (QED) is 0.780. The molecule has 88 valence electrons. The predicted molar refractivity (Wildman–Crippen MR) is 69.4 cm³/mol. The zero-order valence-corrected chi connectivity index (χ0v) is 10.1. The van der Waals surface area contributed by atoms with Crippen molar-refractivity contribution in [2.24, 2.45) is 0 Å². The van der Waals surface area contributed by atoms with Gasteiger partial charge in [0.1, 0.15) is 5.82 Å². The zero-order valence-electron chi connectivity index (χ0n) is 10.1. The molecule has 0 saturated carbocycles. The van der Waals surface area contributed by atoms with Crippen LogP contribution < -0.4 is 5.73 Å². The highest BCUT2D eigenvalue weighted by atomic mass is 19.1. The Labute approximate surface area is 101 Å². The van der Waals surface area contributed by atoms with Crippen molar-refractivity contribution >= 4 is 5.69 Å². The summed E-state index contributed by atoms with van der Waals surface area (Å²) in [5.74, 6) is -0.194. The SMILES string of the molecule is CC(C)(c1ccccc1N)c1ccccc1F. The molecule has 2 N–H and O–H groups in total. The molecule has 2 aromatic rings. The minimum absolute atomic E-state index is 0.194. The molecule has 0 fully saturated rings. The van der Waals surface area contributed by atoms with E-state index in [0.717, 1.165) is 5.56 Å². The maximum Gasteiger partial charge on any atom is 0.127 e. The van der Waals surface area contributed by atoms with Gasteiger partial charge < -0.3 is 5.73 Å². The van der Waals surface area contributed by atoms with Crippen molar-refractivity contribution in [3.63, 3.8) is 0 Å². The molecule has 0 spiro atoms. The van der Waals surface area contributed by atoms with Gasteiger partial charge in [-0.25, -0.2) is 4.39 Å². The maximum absolute atomic E-state index is 13.9. The summed E-state index contributed by atoms with van der Waals surface area (Å²) in [5, 5.41) is 0. The van der Waals surface area contributed by atoms with E-state index < -0.39 is 5.41 Å². The third-order valence-electron chi connectivity index (χ3n) is 3.18. The number of para-hydroxylation sites is 1. The number of halogens is 1. The first-order valence-corrected chi connectivity index (χ1v) is 5.63. The minimum atomic E-state index is -0.434. The molecule has 0 bridgehead atoms. The molecule has 2 heteroatoms. The molecule has 0 aliphatic heterocycles. The van der Waals surface area contributed by atoms with Gasteiger partial charge in [0.25, 0.3) is 0 Å². The highest BCUT2D eigenvalue weighted by Gasteiger charge is 2.27. The van der Waals surface area contributed by atoms with Crippen LogP contribution in [-0.4, -0.2) is 0 Å². The van der Waals surface area contributed by atoms with Crippen LogP contribution in [0.15, 0.2) is 48.5 Å². The molecule has 2 aromatic carbocycles. The van der Waals surface area contributed by atoms with Gasteiger partial charge in [-0.2, -0.15) is 0 Å². The molecule has 0 saturated heterocycles. The van der Waals surface area contributed by atoms with E-state index >= 15 is 0 Å². The van der Waals surface area contributed by atoms with E-state index in [1.807, 2.05) is 50.2 Å². The van der Waals surface area contributed by atoms with E-state index in [1.54, 1.807) is 6.07 Å². The van der Waals surface area contributed by atoms with Crippen LogP contribution in [0.1, 0.15) is 25.0 Å². The van der Waals surface area contributed by atoms with Crippen LogP contribution in [0.5, 0.6) is 0 Å². The van der Waals surface area contributed by atoms with Crippen molar-refractivity contribution in [1.29, 1.82) is 0 Å². The van der Waals surface area contributed by atoms with Gasteiger partial charge in [-0.3, -0.25) is 0 Å². The fourth-order valence-electron chi connectivity index (χ4n) is 2.18. The van der Waals surface area contributed by atoms with Crippen molar-refractivity contribution < 1.29 is 4.39 Å². The number of benzene rings is 2. The van der Waals surface area contributed by atoms with Gasteiger partial charge >= 0.3 is 0 Å². The average molecular weight is 229 g/mol. The molecule has 1 nitrogen and oxygen atoms in total. The molecule has 0 aromatic heterocycles. The monoisotopic (exact) mass is 229 g/mol. The molecular formula is C15H16FN. The summed E-state index contributed by atoms with van der Waals surface area (Å²) >= 11 is 0. The van der Waals surface area contributed by atoms with Crippen LogP contribution >= 0.6 is 0 Å². The van der Waals surface area contributed by atoms with Crippen LogP contribution in [0.4, 0.5) is 10.1 Å². The molecule has 0 aliphatic carbocycles. The molecule has 0 atom stereocenters. The Morgan fingerprint density at radius 3 is 2.00 bits per heavy atom. The smallest absolute Gasteiger partial charge is 0.127 e. The van der Waals surface area contributed by atoms with Gasteiger partial charge in [-0.15, -0.1) is 0 Å². The fraction of sp³-hybridized carbons (Fsp3) is 0.200. The van der Waals surface area contributed by atoms with Gasteiger partial charge in [0.15, 0.2) is 0 Å². The Morgan fingerprint density at radius 1 is 0.882 bits per heavy atom. The summed E-state index contributed by atoms with van der Waals surface area (Å²) < 4.78 is 13.9. The Balaban J connectivity index is 2.58. The van der Waals surface area contributed by atoms with E-state index in [2.05, 4.69) is 0 Å². The topological polar surface area (TPSA) is 26.0 Å². The summed E-state index contributed by atoms with van der Waals surface area (Å²) in [6.07, 6.45) is 0. The highest BCUT2D eigenvalue weighted by molar-refractivity contribution is 5.54. The first-order valence-electron chi connectivity index (χ1n) is 5.63. The van der Waals surface area contributed by atoms with E-state index in [1.165, 1.54) is 6.07 Å². The second kappa shape index (κ2) is 4.21. The molecule has 0 unspecified atom stereocenters. The summed E-state index contributed by atoms with van der Waals surface area (Å²) in [4.78, 5) is 0. The van der Waals surface area contributed by atoms with Crippen LogP contribution in [-0.2, 0) is 5.41 Å². The van der Waals surface area contributed by atoms with Gasteiger partial charge in [0.05, 0.1) is 0 Å². The summed E-state index contributed by atoms with van der Waals surface area (Å²) in [6, 6.07) is 14.4. The number of hydrogen-bond acceptors (Lipinski definition) is 1. The maximum atomic E-state index is 13.9. The first-order chi connectivity index (χ1) is 8.03. The van der Waals surface area contributed by atoms with Gasteiger partial charge in [0, 0.05) is 11.1 Å². The second-order valence-electron chi connectivity index (χ2n) is 4.69. The lowest BCUT2D eigenvalue weighted by molar-refractivity contribution is 0.549. The van der Waals surface area contributed by atoms with Crippen molar-refractivity contribution in [2.45, 2.75) is 19.3 Å². The van der Waals surface area contributed by atoms with Crippen molar-refractivity contribution in [1.82, 2.24) is 0 Å². The van der Waals surface area contributed by atoms with Gasteiger partial charge in [-0.1, -0.05) is 50.2 Å². The van der Waals surface area contributed by atoms with Crippen molar-refractivity contribution in [2.75, 3.05) is 5.73 Å². The Bertz CT molecular complexity index is 484. The fourth-order valence-corrected chi connectivity index (χ4v) is 2.18. The van der Waals surface area contributed by atoms with E-state index in [9.17, 15) is 4.39 Å². The van der Waals surface area contributed by atoms with Crippen LogP contribution in [0.3, 0.4) is 0 Å². The largest absolute Gasteiger partial charge is 0.398 e. The lowest BCUT2D eigenvalue weighted by Gasteiger charge is -2.27. The Morgan fingerprint density at radius 2 is 1.41 bits per heavy atom. The van der Waals surface area contributed by atoms with Gasteiger partial charge in [0.2, 0.25) is 0 Å². The number of hydrogen-bond donors (Lipinski definition) is 1. The second-order valence-corrected chi connectivity index (χ2v) is 4.69. The van der Waals surface area contributed by atoms with Crippen LogP contribution in [0.2, 0.25) is 0 Å². The first kappa shape index (κ1) is 11.6. The Kier molecular flexibility index (Phi) is 2.88. The Hall–Kier alpha value is -1.83. The number of nitrogens with two attached hydrogens (primary N) is 1. The average Bonchev–Trinajstić information content (AvgIpc) is 2.29. The van der Waals surface area contributed by atoms with E-state index in [4.69, 9.17) is 5.73 Å². The summed E-state index contributed by atoms with van der Waals surface area (Å²) in [6.45, 7) is 3.97. The summed E-state index contributed by atoms with van der Waals surface area (Å²) in [7, 11) is 0. The van der Waals surface area contributed by atoms with Crippen LogP contribution in [0.25, 0.3) is 0 Å². The van der Waals surface area contributed by atoms with Crippen LogP contribution in [0, 0.1) is 5.82 Å². The zero-order chi connectivity index (χ0) is 12.5.